The normalized spacial score (nSPS) is 27.0. The van der Waals surface area contributed by atoms with E-state index in [1.54, 1.807) is 10.9 Å². The molecule has 1 saturated carbocycles. The van der Waals surface area contributed by atoms with E-state index in [-0.39, 0.29) is 18.0 Å². The fourth-order valence-corrected chi connectivity index (χ4v) is 6.54. The molecule has 0 radical (unpaired) electrons. The van der Waals surface area contributed by atoms with E-state index >= 15 is 0 Å². The number of hydrogen-bond donors (Lipinski definition) is 3. The minimum Gasteiger partial charge on any atom is -0.354 e. The van der Waals surface area contributed by atoms with Crippen LogP contribution in [0.15, 0.2) is 36.9 Å². The van der Waals surface area contributed by atoms with Gasteiger partial charge in [0, 0.05) is 25.4 Å². The Morgan fingerprint density at radius 2 is 1.77 bits per heavy atom. The van der Waals surface area contributed by atoms with Crippen molar-refractivity contribution in [3.63, 3.8) is 0 Å². The van der Waals surface area contributed by atoms with Gasteiger partial charge in [0.2, 0.25) is 0 Å². The minimum absolute atomic E-state index is 0.159. The maximum atomic E-state index is 13.1. The van der Waals surface area contributed by atoms with Crippen molar-refractivity contribution in [2.45, 2.75) is 88.2 Å². The lowest BCUT2D eigenvalue weighted by atomic mass is 9.96. The third kappa shape index (κ3) is 4.40. The molecule has 2 unspecified atom stereocenters. The second-order valence-electron chi connectivity index (χ2n) is 11.0. The van der Waals surface area contributed by atoms with Crippen LogP contribution in [-0.2, 0) is 31.8 Å². The largest absolute Gasteiger partial charge is 0.354 e. The van der Waals surface area contributed by atoms with Crippen LogP contribution in [-0.4, -0.2) is 68.1 Å². The summed E-state index contributed by atoms with van der Waals surface area (Å²) in [7, 11) is 0. The number of aromatic nitrogens is 4. The number of rotatable bonds is 5. The molecule has 3 amide bonds. The first-order valence-corrected chi connectivity index (χ1v) is 14.1. The molecule has 2 aliphatic carbocycles. The number of urea groups is 1. The van der Waals surface area contributed by atoms with Gasteiger partial charge in [0.25, 0.3) is 5.91 Å². The fourth-order valence-electron chi connectivity index (χ4n) is 6.54. The summed E-state index contributed by atoms with van der Waals surface area (Å²) in [4.78, 5) is 39.0. The highest BCUT2D eigenvalue weighted by Gasteiger charge is 2.62. The van der Waals surface area contributed by atoms with Gasteiger partial charge in [-0.25, -0.2) is 19.7 Å². The molecule has 3 aromatic rings. The number of nitrogens with one attached hydrogen (secondary N) is 3. The second kappa shape index (κ2) is 10.1. The first kappa shape index (κ1) is 25.4. The predicted molar refractivity (Wildman–Crippen MR) is 143 cm³/mol. The van der Waals surface area contributed by atoms with Crippen molar-refractivity contribution in [2.75, 3.05) is 11.9 Å². The fraction of sp³-hybridized carbons (Fsp3) is 0.536. The Morgan fingerprint density at radius 3 is 2.52 bits per heavy atom. The molecule has 4 heterocycles. The number of imidazole rings is 1. The second-order valence-corrected chi connectivity index (χ2v) is 11.0. The molecule has 1 spiro atoms. The average Bonchev–Trinajstić information content (AvgIpc) is 3.70. The van der Waals surface area contributed by atoms with E-state index in [9.17, 15) is 9.59 Å². The van der Waals surface area contributed by atoms with Gasteiger partial charge in [-0.2, -0.15) is 0 Å². The van der Waals surface area contributed by atoms with Gasteiger partial charge in [0.1, 0.15) is 18.5 Å². The number of hydrogen-bond acceptors (Lipinski definition) is 8. The molecule has 3 N–H and O–H groups in total. The first-order valence-electron chi connectivity index (χ1n) is 14.1. The van der Waals surface area contributed by atoms with E-state index in [0.717, 1.165) is 25.7 Å². The lowest BCUT2D eigenvalue weighted by Gasteiger charge is -2.27. The molecule has 7 rings (SSSR count). The summed E-state index contributed by atoms with van der Waals surface area (Å²) in [6.07, 6.45) is 6.80. The predicted octanol–water partition coefficient (Wildman–Crippen LogP) is 2.59. The summed E-state index contributed by atoms with van der Waals surface area (Å²) in [6.45, 7) is 2.33. The molecular formula is C28H33N7O5. The molecular weight excluding hydrogens is 514 g/mol. The molecule has 0 bridgehead atoms. The van der Waals surface area contributed by atoms with Crippen LogP contribution < -0.4 is 16.0 Å². The number of amides is 3. The Hall–Kier alpha value is -3.61. The molecule has 4 aliphatic rings. The van der Waals surface area contributed by atoms with Gasteiger partial charge in [0.05, 0.1) is 6.33 Å². The number of ether oxygens (including phenoxy) is 3. The van der Waals surface area contributed by atoms with Crippen molar-refractivity contribution < 1.29 is 23.8 Å². The Kier molecular flexibility index (Phi) is 6.40. The highest BCUT2D eigenvalue weighted by Crippen LogP contribution is 2.49. The highest BCUT2D eigenvalue weighted by atomic mass is 16.8. The maximum absolute atomic E-state index is 13.1. The summed E-state index contributed by atoms with van der Waals surface area (Å²) in [5.41, 5.74) is 3.24. The Balaban J connectivity index is 1.16. The van der Waals surface area contributed by atoms with E-state index < -0.39 is 30.3 Å². The number of carbonyl (C=O) groups is 2. The van der Waals surface area contributed by atoms with Crippen molar-refractivity contribution in [3.05, 3.63) is 48.0 Å². The third-order valence-corrected chi connectivity index (χ3v) is 8.34. The molecule has 1 aromatic carbocycles. The lowest BCUT2D eigenvalue weighted by Crippen LogP contribution is -2.43. The van der Waals surface area contributed by atoms with E-state index in [4.69, 9.17) is 14.2 Å². The summed E-state index contributed by atoms with van der Waals surface area (Å²) < 4.78 is 21.2. The summed E-state index contributed by atoms with van der Waals surface area (Å²) in [6, 6.07) is 8.03. The zero-order valence-corrected chi connectivity index (χ0v) is 22.3. The highest BCUT2D eigenvalue weighted by molar-refractivity contribution is 5.96. The smallest absolute Gasteiger partial charge is 0.320 e. The Bertz CT molecular complexity index is 1410. The number of nitrogens with zero attached hydrogens (tertiary/aromatic N) is 4. The van der Waals surface area contributed by atoms with Crippen LogP contribution in [0.4, 0.5) is 10.6 Å². The lowest BCUT2D eigenvalue weighted by molar-refractivity contribution is -0.210. The van der Waals surface area contributed by atoms with Crippen LogP contribution in [0.2, 0.25) is 0 Å². The Labute approximate surface area is 231 Å². The summed E-state index contributed by atoms with van der Waals surface area (Å²) >= 11 is 0. The van der Waals surface area contributed by atoms with Crippen LogP contribution in [0.1, 0.15) is 56.4 Å². The van der Waals surface area contributed by atoms with Crippen LogP contribution in [0.3, 0.4) is 0 Å². The summed E-state index contributed by atoms with van der Waals surface area (Å²) in [5, 5.41) is 8.74. The quantitative estimate of drug-likeness (QED) is 0.443. The average molecular weight is 548 g/mol. The van der Waals surface area contributed by atoms with Crippen LogP contribution in [0.25, 0.3) is 11.2 Å². The van der Waals surface area contributed by atoms with E-state index in [0.29, 0.717) is 36.4 Å². The molecule has 40 heavy (non-hydrogen) atoms. The van der Waals surface area contributed by atoms with Gasteiger partial charge < -0.3 is 24.8 Å². The van der Waals surface area contributed by atoms with E-state index in [1.165, 1.54) is 23.9 Å². The zero-order valence-electron chi connectivity index (χ0n) is 22.3. The number of anilines is 1. The van der Waals surface area contributed by atoms with Gasteiger partial charge >= 0.3 is 6.03 Å². The topological polar surface area (TPSA) is 142 Å². The number of benzene rings is 1. The van der Waals surface area contributed by atoms with Crippen molar-refractivity contribution in [3.8, 4) is 0 Å². The van der Waals surface area contributed by atoms with Crippen molar-refractivity contribution in [1.82, 2.24) is 30.2 Å². The van der Waals surface area contributed by atoms with Crippen molar-refractivity contribution >= 4 is 28.9 Å². The molecule has 3 fully saturated rings. The number of fused-ring (bicyclic) bond motifs is 3. The first-order chi connectivity index (χ1) is 19.5. The van der Waals surface area contributed by atoms with Crippen molar-refractivity contribution in [1.29, 1.82) is 0 Å². The summed E-state index contributed by atoms with van der Waals surface area (Å²) in [5.74, 6) is -0.809. The maximum Gasteiger partial charge on any atom is 0.320 e. The van der Waals surface area contributed by atoms with E-state index in [2.05, 4.69) is 43.0 Å². The minimum atomic E-state index is -0.865. The molecule has 12 nitrogen and oxygen atoms in total. The van der Waals surface area contributed by atoms with Crippen molar-refractivity contribution in [2.24, 2.45) is 0 Å². The van der Waals surface area contributed by atoms with Gasteiger partial charge in [-0.15, -0.1) is 0 Å². The monoisotopic (exact) mass is 547 g/mol. The molecule has 2 aromatic heterocycles. The van der Waals surface area contributed by atoms with Gasteiger partial charge in [-0.1, -0.05) is 43.5 Å². The van der Waals surface area contributed by atoms with Gasteiger partial charge in [-0.05, 0) is 30.9 Å². The van der Waals surface area contributed by atoms with Crippen LogP contribution >= 0.6 is 0 Å². The van der Waals surface area contributed by atoms with Gasteiger partial charge in [-0.3, -0.25) is 14.7 Å². The Morgan fingerprint density at radius 1 is 1.02 bits per heavy atom. The van der Waals surface area contributed by atoms with Gasteiger partial charge in [0.15, 0.2) is 35.1 Å². The SMILES string of the molecule is CCNC(=O)[C@H]1O[C@@H](n2cnc3c(NC(=O)NC4CCCCC4)ncnc32)C2OC3(Cc4ccccc4C3)OC21. The molecule has 12 heteroatoms. The van der Waals surface area contributed by atoms with E-state index in [1.807, 2.05) is 19.1 Å². The van der Waals surface area contributed by atoms with Crippen LogP contribution in [0, 0.1) is 0 Å². The molecule has 210 valence electrons. The standard InChI is InChI=1S/C28H33N7O5/c1-2-29-25(36)21-20-22(40-28(39-20)12-16-8-6-7-9-17(16)13-28)26(38-21)35-15-32-19-23(30-14-31-24(19)35)34-27(37)33-18-10-4-3-5-11-18/h6-9,14-15,18,20-22,26H,2-5,10-13H2,1H3,(H,29,36)(H2,30,31,33,34,37)/t20?,21-,22?,26+/m0/s1. The number of likely N-dealkylation sites (N-methyl/N-ethyl adjacent to an activating group) is 1. The molecule has 4 atom stereocenters. The number of carbonyl (C=O) groups excluding carboxylic acids is 2. The zero-order chi connectivity index (χ0) is 27.3. The van der Waals surface area contributed by atoms with Crippen LogP contribution in [0.5, 0.6) is 0 Å². The molecule has 2 saturated heterocycles. The third-order valence-electron chi connectivity index (χ3n) is 8.34. The molecule has 2 aliphatic heterocycles.